The first kappa shape index (κ1) is 20.1. The minimum Gasteiger partial charge on any atom is -0.497 e. The second-order valence-electron chi connectivity index (χ2n) is 7.91. The minimum absolute atomic E-state index is 0.311. The summed E-state index contributed by atoms with van der Waals surface area (Å²) in [4.78, 5) is 13.7. The summed E-state index contributed by atoms with van der Waals surface area (Å²) in [7, 11) is 5.47. The van der Waals surface area contributed by atoms with Gasteiger partial charge in [-0.25, -0.2) is 4.98 Å². The van der Waals surface area contributed by atoms with Crippen molar-refractivity contribution in [3.05, 3.63) is 60.9 Å². The van der Waals surface area contributed by atoms with Gasteiger partial charge in [-0.2, -0.15) is 14.6 Å². The second kappa shape index (κ2) is 8.37. The lowest BCUT2D eigenvalue weighted by Crippen LogP contribution is -2.36. The average molecular weight is 431 g/mol. The van der Waals surface area contributed by atoms with E-state index in [1.54, 1.807) is 20.5 Å². The molecule has 0 spiro atoms. The first-order valence-corrected chi connectivity index (χ1v) is 10.6. The molecule has 0 aliphatic carbocycles. The number of hydrogen-bond acceptors (Lipinski definition) is 7. The van der Waals surface area contributed by atoms with Crippen LogP contribution in [0.4, 0.5) is 11.5 Å². The van der Waals surface area contributed by atoms with Gasteiger partial charge in [-0.1, -0.05) is 30.3 Å². The summed E-state index contributed by atoms with van der Waals surface area (Å²) >= 11 is 0. The molecule has 8 nitrogen and oxygen atoms in total. The summed E-state index contributed by atoms with van der Waals surface area (Å²) in [6.07, 6.45) is 2.58. The van der Waals surface area contributed by atoms with E-state index in [1.807, 2.05) is 28.8 Å². The number of rotatable bonds is 6. The van der Waals surface area contributed by atoms with Crippen molar-refractivity contribution in [1.82, 2.24) is 19.6 Å². The minimum atomic E-state index is 0.311. The molecular formula is C24H26N6O2. The van der Waals surface area contributed by atoms with Gasteiger partial charge in [0.15, 0.2) is 0 Å². The highest BCUT2D eigenvalue weighted by Gasteiger charge is 2.28. The molecule has 4 aromatic rings. The maximum absolute atomic E-state index is 5.45. The van der Waals surface area contributed by atoms with Crippen LogP contribution in [0.1, 0.15) is 6.42 Å². The van der Waals surface area contributed by atoms with Crippen LogP contribution >= 0.6 is 0 Å². The van der Waals surface area contributed by atoms with Gasteiger partial charge >= 0.3 is 0 Å². The molecule has 0 saturated carbocycles. The van der Waals surface area contributed by atoms with Crippen molar-refractivity contribution in [1.29, 1.82) is 0 Å². The standard InChI is InChI=1S/C24H26N6O2/c1-28(18-9-10-29(15-18)19-11-20(31-2)13-21(12-19)32-3)23-14-22(17-7-5-4-6-8-17)27-24-25-16-26-30(23)24/h4-8,11-14,16,18H,9-10,15H2,1-3H3. The summed E-state index contributed by atoms with van der Waals surface area (Å²) in [6, 6.07) is 18.6. The summed E-state index contributed by atoms with van der Waals surface area (Å²) < 4.78 is 12.7. The van der Waals surface area contributed by atoms with Crippen LogP contribution in [0.3, 0.4) is 0 Å². The van der Waals surface area contributed by atoms with E-state index < -0.39 is 0 Å². The van der Waals surface area contributed by atoms with Crippen molar-refractivity contribution in [3.8, 4) is 22.8 Å². The van der Waals surface area contributed by atoms with E-state index >= 15 is 0 Å². The predicted molar refractivity (Wildman–Crippen MR) is 125 cm³/mol. The molecule has 1 unspecified atom stereocenters. The Balaban J connectivity index is 1.44. The van der Waals surface area contributed by atoms with E-state index in [0.717, 1.165) is 53.8 Å². The summed E-state index contributed by atoms with van der Waals surface area (Å²) in [5, 5.41) is 4.42. The Hall–Kier alpha value is -3.81. The maximum Gasteiger partial charge on any atom is 0.254 e. The molecule has 1 fully saturated rings. The van der Waals surface area contributed by atoms with Gasteiger partial charge < -0.3 is 19.3 Å². The van der Waals surface area contributed by atoms with Gasteiger partial charge in [0.1, 0.15) is 23.6 Å². The molecule has 0 N–H and O–H groups in total. The van der Waals surface area contributed by atoms with Crippen LogP contribution in [0.2, 0.25) is 0 Å². The van der Waals surface area contributed by atoms with Gasteiger partial charge in [0.25, 0.3) is 5.78 Å². The number of fused-ring (bicyclic) bond motifs is 1. The van der Waals surface area contributed by atoms with E-state index in [9.17, 15) is 0 Å². The molecule has 3 heterocycles. The zero-order chi connectivity index (χ0) is 22.1. The Morgan fingerprint density at radius 1 is 1.00 bits per heavy atom. The highest BCUT2D eigenvalue weighted by Crippen LogP contribution is 2.32. The van der Waals surface area contributed by atoms with E-state index in [0.29, 0.717) is 11.8 Å². The van der Waals surface area contributed by atoms with Crippen molar-refractivity contribution in [2.75, 3.05) is 44.2 Å². The zero-order valence-electron chi connectivity index (χ0n) is 18.5. The third-order valence-corrected chi connectivity index (χ3v) is 6.08. The third kappa shape index (κ3) is 3.68. The highest BCUT2D eigenvalue weighted by molar-refractivity contribution is 5.66. The third-order valence-electron chi connectivity index (χ3n) is 6.08. The molecule has 1 saturated heterocycles. The van der Waals surface area contributed by atoms with Crippen LogP contribution in [0.15, 0.2) is 60.9 Å². The van der Waals surface area contributed by atoms with E-state index in [4.69, 9.17) is 14.5 Å². The van der Waals surface area contributed by atoms with Crippen LogP contribution in [-0.2, 0) is 0 Å². The lowest BCUT2D eigenvalue weighted by atomic mass is 10.1. The van der Waals surface area contributed by atoms with Gasteiger partial charge in [-0.05, 0) is 6.42 Å². The number of aromatic nitrogens is 4. The number of nitrogens with zero attached hydrogens (tertiary/aromatic N) is 6. The first-order chi connectivity index (χ1) is 15.7. The van der Waals surface area contributed by atoms with Gasteiger partial charge in [0.2, 0.25) is 0 Å². The fraction of sp³-hybridized carbons (Fsp3) is 0.292. The SMILES string of the molecule is COc1cc(OC)cc(N2CCC(N(C)c3cc(-c4ccccc4)nc4ncnn34)C2)c1. The molecule has 1 aliphatic rings. The molecule has 5 rings (SSSR count). The quantitative estimate of drug-likeness (QED) is 0.464. The highest BCUT2D eigenvalue weighted by atomic mass is 16.5. The second-order valence-corrected chi connectivity index (χ2v) is 7.91. The molecule has 8 heteroatoms. The van der Waals surface area contributed by atoms with E-state index in [1.165, 1.54) is 0 Å². The molecule has 1 aliphatic heterocycles. The normalized spacial score (nSPS) is 15.8. The van der Waals surface area contributed by atoms with Crippen LogP contribution in [0.25, 0.3) is 17.0 Å². The molecule has 2 aromatic carbocycles. The average Bonchev–Trinajstić information content (AvgIpc) is 3.53. The monoisotopic (exact) mass is 430 g/mol. The summed E-state index contributed by atoms with van der Waals surface area (Å²) in [5.74, 6) is 3.16. The molecule has 0 bridgehead atoms. The van der Waals surface area contributed by atoms with Crippen molar-refractivity contribution in [2.24, 2.45) is 0 Å². The van der Waals surface area contributed by atoms with Gasteiger partial charge in [0.05, 0.1) is 19.9 Å². The number of ether oxygens (including phenoxy) is 2. The van der Waals surface area contributed by atoms with Crippen LogP contribution in [0, 0.1) is 0 Å². The number of likely N-dealkylation sites (N-methyl/N-ethyl adjacent to an activating group) is 1. The maximum atomic E-state index is 5.45. The van der Waals surface area contributed by atoms with E-state index in [2.05, 4.69) is 57.3 Å². The number of methoxy groups -OCH3 is 2. The number of hydrogen-bond donors (Lipinski definition) is 0. The lowest BCUT2D eigenvalue weighted by Gasteiger charge is -2.28. The molecule has 1 atom stereocenters. The van der Waals surface area contributed by atoms with Gasteiger partial charge in [0, 0.05) is 61.7 Å². The fourth-order valence-corrected chi connectivity index (χ4v) is 4.26. The molecular weight excluding hydrogens is 404 g/mol. The zero-order valence-corrected chi connectivity index (χ0v) is 18.5. The molecule has 32 heavy (non-hydrogen) atoms. The molecule has 164 valence electrons. The summed E-state index contributed by atoms with van der Waals surface area (Å²) in [6.45, 7) is 1.83. The Kier molecular flexibility index (Phi) is 5.26. The van der Waals surface area contributed by atoms with Crippen LogP contribution in [-0.4, -0.2) is 60.0 Å². The number of benzene rings is 2. The Labute approximate surface area is 187 Å². The Morgan fingerprint density at radius 2 is 1.75 bits per heavy atom. The molecule has 0 amide bonds. The number of anilines is 2. The summed E-state index contributed by atoms with van der Waals surface area (Å²) in [5.41, 5.74) is 3.05. The van der Waals surface area contributed by atoms with Crippen molar-refractivity contribution >= 4 is 17.3 Å². The van der Waals surface area contributed by atoms with Crippen LogP contribution in [0.5, 0.6) is 11.5 Å². The molecule has 0 radical (unpaired) electrons. The molecule has 2 aromatic heterocycles. The van der Waals surface area contributed by atoms with Crippen molar-refractivity contribution in [3.63, 3.8) is 0 Å². The lowest BCUT2D eigenvalue weighted by molar-refractivity contribution is 0.394. The fourth-order valence-electron chi connectivity index (χ4n) is 4.26. The Morgan fingerprint density at radius 3 is 2.47 bits per heavy atom. The van der Waals surface area contributed by atoms with Crippen LogP contribution < -0.4 is 19.3 Å². The predicted octanol–water partition coefficient (Wildman–Crippen LogP) is 3.52. The van der Waals surface area contributed by atoms with E-state index in [-0.39, 0.29) is 0 Å². The smallest absolute Gasteiger partial charge is 0.254 e. The van der Waals surface area contributed by atoms with Crippen molar-refractivity contribution in [2.45, 2.75) is 12.5 Å². The van der Waals surface area contributed by atoms with Gasteiger partial charge in [-0.3, -0.25) is 0 Å². The van der Waals surface area contributed by atoms with Gasteiger partial charge in [-0.15, -0.1) is 0 Å². The van der Waals surface area contributed by atoms with Crippen molar-refractivity contribution < 1.29 is 9.47 Å². The first-order valence-electron chi connectivity index (χ1n) is 10.6. The topological polar surface area (TPSA) is 68.0 Å². The largest absolute Gasteiger partial charge is 0.497 e. The Bertz CT molecular complexity index is 1200.